The van der Waals surface area contributed by atoms with Gasteiger partial charge in [0.25, 0.3) is 5.91 Å². The number of carbonyl (C=O) groups is 1. The van der Waals surface area contributed by atoms with E-state index < -0.39 is 0 Å². The number of hydrogen-bond donors (Lipinski definition) is 1. The molecular weight excluding hydrogens is 350 g/mol. The van der Waals surface area contributed by atoms with Gasteiger partial charge in [-0.1, -0.05) is 25.1 Å². The van der Waals surface area contributed by atoms with E-state index in [0.29, 0.717) is 17.9 Å². The van der Waals surface area contributed by atoms with Crippen LogP contribution >= 0.6 is 12.4 Å². The van der Waals surface area contributed by atoms with Crippen LogP contribution in [0, 0.1) is 0 Å². The number of para-hydroxylation sites is 1. The van der Waals surface area contributed by atoms with Gasteiger partial charge in [-0.05, 0) is 37.8 Å². The van der Waals surface area contributed by atoms with Crippen molar-refractivity contribution in [2.24, 2.45) is 0 Å². The standard InChI is InChI=1S/C19H25N5O.ClH/c1-3-17-21-18(22-24(17)15-7-5-4-6-8-15)19(25)23(2)16-11-13-9-10-14(12-16)20-13;/h4-8,13-14,16,20H,3,9-12H2,1-2H3;1H. The summed E-state index contributed by atoms with van der Waals surface area (Å²) in [5, 5.41) is 8.14. The molecule has 2 aliphatic heterocycles. The summed E-state index contributed by atoms with van der Waals surface area (Å²) in [5.74, 6) is 1.04. The average Bonchev–Trinajstić information content (AvgIpc) is 3.24. The molecule has 2 bridgehead atoms. The lowest BCUT2D eigenvalue weighted by Crippen LogP contribution is -2.48. The number of aromatic nitrogens is 3. The van der Waals surface area contributed by atoms with E-state index in [2.05, 4.69) is 15.4 Å². The first-order valence-electron chi connectivity index (χ1n) is 9.20. The summed E-state index contributed by atoms with van der Waals surface area (Å²) < 4.78 is 1.78. The summed E-state index contributed by atoms with van der Waals surface area (Å²) in [6, 6.07) is 11.3. The van der Waals surface area contributed by atoms with Gasteiger partial charge in [0.1, 0.15) is 5.82 Å². The molecule has 1 aromatic carbocycles. The van der Waals surface area contributed by atoms with Crippen molar-refractivity contribution in [1.29, 1.82) is 0 Å². The van der Waals surface area contributed by atoms with Crippen LogP contribution in [0.1, 0.15) is 49.1 Å². The number of carbonyl (C=O) groups excluding carboxylic acids is 1. The van der Waals surface area contributed by atoms with Crippen molar-refractivity contribution >= 4 is 18.3 Å². The molecule has 2 aliphatic rings. The lowest BCUT2D eigenvalue weighted by atomic mass is 9.98. The van der Waals surface area contributed by atoms with Crippen molar-refractivity contribution in [2.45, 2.75) is 57.2 Å². The minimum absolute atomic E-state index is 0. The highest BCUT2D eigenvalue weighted by molar-refractivity contribution is 5.90. The number of rotatable bonds is 4. The quantitative estimate of drug-likeness (QED) is 0.892. The summed E-state index contributed by atoms with van der Waals surface area (Å²) in [5.41, 5.74) is 0.938. The average molecular weight is 376 g/mol. The summed E-state index contributed by atoms with van der Waals surface area (Å²) in [7, 11) is 1.90. The molecule has 3 heterocycles. The molecule has 2 saturated heterocycles. The molecule has 7 heteroatoms. The second-order valence-corrected chi connectivity index (χ2v) is 7.13. The normalized spacial score (nSPS) is 24.2. The smallest absolute Gasteiger partial charge is 0.293 e. The third-order valence-corrected chi connectivity index (χ3v) is 5.50. The fourth-order valence-corrected chi connectivity index (χ4v) is 4.11. The van der Waals surface area contributed by atoms with Crippen molar-refractivity contribution in [2.75, 3.05) is 7.05 Å². The first-order valence-corrected chi connectivity index (χ1v) is 9.20. The largest absolute Gasteiger partial charge is 0.336 e. The Morgan fingerprint density at radius 3 is 2.50 bits per heavy atom. The molecule has 1 N–H and O–H groups in total. The van der Waals surface area contributed by atoms with E-state index in [-0.39, 0.29) is 24.4 Å². The molecule has 0 radical (unpaired) electrons. The fraction of sp³-hybridized carbons (Fsp3) is 0.526. The van der Waals surface area contributed by atoms with E-state index in [0.717, 1.165) is 30.8 Å². The Morgan fingerprint density at radius 2 is 1.88 bits per heavy atom. The minimum Gasteiger partial charge on any atom is -0.336 e. The highest BCUT2D eigenvalue weighted by atomic mass is 35.5. The lowest BCUT2D eigenvalue weighted by Gasteiger charge is -2.35. The summed E-state index contributed by atoms with van der Waals surface area (Å²) in [6.07, 6.45) is 5.24. The van der Waals surface area contributed by atoms with Crippen LogP contribution in [0.5, 0.6) is 0 Å². The number of nitrogens with zero attached hydrogens (tertiary/aromatic N) is 4. The van der Waals surface area contributed by atoms with E-state index in [1.807, 2.05) is 49.2 Å². The van der Waals surface area contributed by atoms with Gasteiger partial charge in [-0.25, -0.2) is 9.67 Å². The molecule has 2 fully saturated rings. The Morgan fingerprint density at radius 1 is 1.23 bits per heavy atom. The van der Waals surface area contributed by atoms with Gasteiger partial charge >= 0.3 is 0 Å². The predicted octanol–water partition coefficient (Wildman–Crippen LogP) is 2.61. The maximum Gasteiger partial charge on any atom is 0.293 e. The third kappa shape index (κ3) is 3.48. The van der Waals surface area contributed by atoms with E-state index in [9.17, 15) is 4.79 Å². The highest BCUT2D eigenvalue weighted by Crippen LogP contribution is 2.29. The van der Waals surface area contributed by atoms with Crippen molar-refractivity contribution < 1.29 is 4.79 Å². The minimum atomic E-state index is -0.0734. The SMILES string of the molecule is CCc1nc(C(=O)N(C)C2CC3CCC(C2)N3)nn1-c1ccccc1.Cl. The number of nitrogens with one attached hydrogen (secondary N) is 1. The summed E-state index contributed by atoms with van der Waals surface area (Å²) in [6.45, 7) is 2.03. The number of fused-ring (bicyclic) bond motifs is 2. The zero-order valence-corrected chi connectivity index (χ0v) is 16.1. The fourth-order valence-electron chi connectivity index (χ4n) is 4.11. The summed E-state index contributed by atoms with van der Waals surface area (Å²) >= 11 is 0. The third-order valence-electron chi connectivity index (χ3n) is 5.50. The number of piperidine rings is 1. The molecule has 1 amide bonds. The topological polar surface area (TPSA) is 63.1 Å². The van der Waals surface area contributed by atoms with E-state index >= 15 is 0 Å². The second kappa shape index (κ2) is 7.76. The Bertz CT molecular complexity index is 751. The van der Waals surface area contributed by atoms with Gasteiger partial charge in [0.15, 0.2) is 0 Å². The van der Waals surface area contributed by atoms with Crippen LogP contribution in [-0.2, 0) is 6.42 Å². The van der Waals surface area contributed by atoms with E-state index in [4.69, 9.17) is 0 Å². The van der Waals surface area contributed by atoms with Crippen LogP contribution in [0.15, 0.2) is 30.3 Å². The first-order chi connectivity index (χ1) is 12.2. The zero-order valence-electron chi connectivity index (χ0n) is 15.3. The molecule has 26 heavy (non-hydrogen) atoms. The molecule has 1 aromatic heterocycles. The van der Waals surface area contributed by atoms with Crippen molar-refractivity contribution in [3.8, 4) is 5.69 Å². The molecule has 4 rings (SSSR count). The molecule has 6 nitrogen and oxygen atoms in total. The Labute approximate surface area is 160 Å². The van der Waals surface area contributed by atoms with Crippen molar-refractivity contribution in [1.82, 2.24) is 25.0 Å². The number of halogens is 1. The van der Waals surface area contributed by atoms with Crippen molar-refractivity contribution in [3.05, 3.63) is 42.0 Å². The number of amides is 1. The molecule has 2 aromatic rings. The Balaban J connectivity index is 0.00000196. The number of aryl methyl sites for hydroxylation is 1. The van der Waals surface area contributed by atoms with Crippen LogP contribution in [-0.4, -0.2) is 50.7 Å². The van der Waals surface area contributed by atoms with Gasteiger partial charge in [-0.3, -0.25) is 4.79 Å². The van der Waals surface area contributed by atoms with Crippen LogP contribution in [0.25, 0.3) is 5.69 Å². The van der Waals surface area contributed by atoms with E-state index in [1.54, 1.807) is 4.68 Å². The molecule has 2 unspecified atom stereocenters. The second-order valence-electron chi connectivity index (χ2n) is 7.13. The number of hydrogen-bond acceptors (Lipinski definition) is 4. The van der Waals surface area contributed by atoms with Crippen molar-refractivity contribution in [3.63, 3.8) is 0 Å². The maximum atomic E-state index is 13.0. The van der Waals surface area contributed by atoms with Gasteiger partial charge in [0.05, 0.1) is 5.69 Å². The maximum absolute atomic E-state index is 13.0. The molecular formula is C19H26ClN5O. The number of benzene rings is 1. The van der Waals surface area contributed by atoms with Crippen LogP contribution in [0.2, 0.25) is 0 Å². The van der Waals surface area contributed by atoms with Crippen LogP contribution in [0.3, 0.4) is 0 Å². The molecule has 0 aliphatic carbocycles. The predicted molar refractivity (Wildman–Crippen MR) is 103 cm³/mol. The van der Waals surface area contributed by atoms with Crippen LogP contribution in [0.4, 0.5) is 0 Å². The van der Waals surface area contributed by atoms with E-state index in [1.165, 1.54) is 12.8 Å². The van der Waals surface area contributed by atoms with Gasteiger partial charge in [-0.15, -0.1) is 17.5 Å². The summed E-state index contributed by atoms with van der Waals surface area (Å²) in [4.78, 5) is 19.3. The first kappa shape index (κ1) is 18.9. The lowest BCUT2D eigenvalue weighted by molar-refractivity contribution is 0.0669. The molecule has 140 valence electrons. The zero-order chi connectivity index (χ0) is 17.4. The Hall–Kier alpha value is -1.92. The monoisotopic (exact) mass is 375 g/mol. The molecule has 2 atom stereocenters. The van der Waals surface area contributed by atoms with Gasteiger partial charge in [0, 0.05) is 31.6 Å². The van der Waals surface area contributed by atoms with Gasteiger partial charge in [0.2, 0.25) is 5.82 Å². The van der Waals surface area contributed by atoms with Gasteiger partial charge < -0.3 is 10.2 Å². The Kier molecular flexibility index (Phi) is 5.63. The molecule has 0 spiro atoms. The van der Waals surface area contributed by atoms with Gasteiger partial charge in [-0.2, -0.15) is 0 Å². The molecule has 0 saturated carbocycles. The van der Waals surface area contributed by atoms with Crippen LogP contribution < -0.4 is 5.32 Å². The highest BCUT2D eigenvalue weighted by Gasteiger charge is 2.37.